The Labute approximate surface area is 82.6 Å². The van der Waals surface area contributed by atoms with E-state index < -0.39 is 0 Å². The second-order valence-electron chi connectivity index (χ2n) is 3.16. The van der Waals surface area contributed by atoms with Crippen molar-refractivity contribution in [2.24, 2.45) is 5.73 Å². The van der Waals surface area contributed by atoms with Crippen LogP contribution in [0.25, 0.3) is 0 Å². The van der Waals surface area contributed by atoms with Gasteiger partial charge in [0.25, 0.3) is 0 Å². The number of fused-ring (bicyclic) bond motifs is 1. The maximum absolute atomic E-state index is 5.84. The molecule has 1 aliphatic rings. The number of hydrogen-bond acceptors (Lipinski definition) is 4. The summed E-state index contributed by atoms with van der Waals surface area (Å²) in [5, 5.41) is 0. The third-order valence-corrected chi connectivity index (χ3v) is 2.33. The van der Waals surface area contributed by atoms with Gasteiger partial charge in [-0.2, -0.15) is 0 Å². The Kier molecular flexibility index (Phi) is 2.21. The SMILES string of the molecule is COc1cc2c(cc1OC)C(N)CO2. The molecule has 0 spiro atoms. The van der Waals surface area contributed by atoms with Crippen LogP contribution in [0.15, 0.2) is 12.1 Å². The van der Waals surface area contributed by atoms with Crippen molar-refractivity contribution in [1.29, 1.82) is 0 Å². The number of benzene rings is 1. The first-order valence-corrected chi connectivity index (χ1v) is 4.40. The number of hydrogen-bond donors (Lipinski definition) is 1. The van der Waals surface area contributed by atoms with E-state index in [1.54, 1.807) is 20.3 Å². The van der Waals surface area contributed by atoms with Crippen LogP contribution in [0.1, 0.15) is 11.6 Å². The number of rotatable bonds is 2. The highest BCUT2D eigenvalue weighted by atomic mass is 16.5. The third-order valence-electron chi connectivity index (χ3n) is 2.33. The molecule has 0 radical (unpaired) electrons. The van der Waals surface area contributed by atoms with Crippen molar-refractivity contribution in [1.82, 2.24) is 0 Å². The number of nitrogens with two attached hydrogens (primary N) is 1. The minimum atomic E-state index is -0.0650. The zero-order valence-corrected chi connectivity index (χ0v) is 8.24. The molecule has 1 aliphatic heterocycles. The Balaban J connectivity index is 2.49. The predicted octanol–water partition coefficient (Wildman–Crippen LogP) is 1.10. The van der Waals surface area contributed by atoms with E-state index in [4.69, 9.17) is 19.9 Å². The van der Waals surface area contributed by atoms with Crippen molar-refractivity contribution in [2.45, 2.75) is 6.04 Å². The molecular weight excluding hydrogens is 182 g/mol. The standard InChI is InChI=1S/C10H13NO3/c1-12-9-3-6-7(11)5-14-8(6)4-10(9)13-2/h3-4,7H,5,11H2,1-2H3. The number of methoxy groups -OCH3 is 2. The van der Waals surface area contributed by atoms with Crippen molar-refractivity contribution < 1.29 is 14.2 Å². The van der Waals surface area contributed by atoms with E-state index in [-0.39, 0.29) is 6.04 Å². The summed E-state index contributed by atoms with van der Waals surface area (Å²) in [6.07, 6.45) is 0. The maximum atomic E-state index is 5.84. The Hall–Kier alpha value is -1.42. The molecule has 76 valence electrons. The van der Waals surface area contributed by atoms with E-state index in [0.29, 0.717) is 18.1 Å². The highest BCUT2D eigenvalue weighted by molar-refractivity contribution is 5.53. The molecule has 0 aliphatic carbocycles. The average Bonchev–Trinajstić information content (AvgIpc) is 2.58. The lowest BCUT2D eigenvalue weighted by Gasteiger charge is -2.09. The van der Waals surface area contributed by atoms with Gasteiger partial charge in [0.05, 0.1) is 20.3 Å². The van der Waals surface area contributed by atoms with Gasteiger partial charge in [0.2, 0.25) is 0 Å². The fourth-order valence-corrected chi connectivity index (χ4v) is 1.56. The molecule has 2 rings (SSSR count). The molecule has 0 saturated carbocycles. The molecule has 0 fully saturated rings. The van der Waals surface area contributed by atoms with Crippen LogP contribution in [0.3, 0.4) is 0 Å². The lowest BCUT2D eigenvalue weighted by molar-refractivity contribution is 0.328. The van der Waals surface area contributed by atoms with Gasteiger partial charge in [0, 0.05) is 11.6 Å². The summed E-state index contributed by atoms with van der Waals surface area (Å²) in [7, 11) is 3.20. The molecular formula is C10H13NO3. The van der Waals surface area contributed by atoms with E-state index in [9.17, 15) is 0 Å². The second-order valence-corrected chi connectivity index (χ2v) is 3.16. The third kappa shape index (κ3) is 1.28. The van der Waals surface area contributed by atoms with Gasteiger partial charge in [-0.3, -0.25) is 0 Å². The van der Waals surface area contributed by atoms with Crippen molar-refractivity contribution in [3.63, 3.8) is 0 Å². The molecule has 2 N–H and O–H groups in total. The average molecular weight is 195 g/mol. The molecule has 1 heterocycles. The minimum Gasteiger partial charge on any atom is -0.493 e. The van der Waals surface area contributed by atoms with Gasteiger partial charge < -0.3 is 19.9 Å². The summed E-state index contributed by atoms with van der Waals surface area (Å²) >= 11 is 0. The Morgan fingerprint density at radius 3 is 2.57 bits per heavy atom. The van der Waals surface area contributed by atoms with Crippen molar-refractivity contribution in [3.05, 3.63) is 17.7 Å². The summed E-state index contributed by atoms with van der Waals surface area (Å²) in [4.78, 5) is 0. The Morgan fingerprint density at radius 2 is 1.93 bits per heavy atom. The fraction of sp³-hybridized carbons (Fsp3) is 0.400. The van der Waals surface area contributed by atoms with Crippen LogP contribution in [0.4, 0.5) is 0 Å². The Morgan fingerprint density at radius 1 is 1.29 bits per heavy atom. The van der Waals surface area contributed by atoms with E-state index in [2.05, 4.69) is 0 Å². The van der Waals surface area contributed by atoms with Crippen LogP contribution < -0.4 is 19.9 Å². The predicted molar refractivity (Wildman–Crippen MR) is 52.0 cm³/mol. The van der Waals surface area contributed by atoms with Gasteiger partial charge in [-0.25, -0.2) is 0 Å². The molecule has 0 bridgehead atoms. The summed E-state index contributed by atoms with van der Waals surface area (Å²) < 4.78 is 15.7. The largest absolute Gasteiger partial charge is 0.493 e. The van der Waals surface area contributed by atoms with Crippen molar-refractivity contribution in [3.8, 4) is 17.2 Å². The van der Waals surface area contributed by atoms with Gasteiger partial charge in [-0.15, -0.1) is 0 Å². The molecule has 14 heavy (non-hydrogen) atoms. The van der Waals surface area contributed by atoms with Crippen LogP contribution in [0.2, 0.25) is 0 Å². The van der Waals surface area contributed by atoms with E-state index in [1.165, 1.54) is 0 Å². The molecule has 1 atom stereocenters. The Bertz CT molecular complexity index is 351. The maximum Gasteiger partial charge on any atom is 0.164 e. The van der Waals surface area contributed by atoms with Crippen LogP contribution in [-0.2, 0) is 0 Å². The van der Waals surface area contributed by atoms with Crippen molar-refractivity contribution in [2.75, 3.05) is 20.8 Å². The second kappa shape index (κ2) is 3.38. The summed E-state index contributed by atoms with van der Waals surface area (Å²) in [5.74, 6) is 2.14. The molecule has 1 aromatic carbocycles. The van der Waals surface area contributed by atoms with Crippen LogP contribution >= 0.6 is 0 Å². The minimum absolute atomic E-state index is 0.0650. The molecule has 1 aromatic rings. The van der Waals surface area contributed by atoms with Gasteiger partial charge in [-0.05, 0) is 6.07 Å². The number of ether oxygens (including phenoxy) is 3. The topological polar surface area (TPSA) is 53.7 Å². The van der Waals surface area contributed by atoms with Crippen LogP contribution in [0, 0.1) is 0 Å². The lowest BCUT2D eigenvalue weighted by atomic mass is 10.1. The van der Waals surface area contributed by atoms with E-state index in [1.807, 2.05) is 6.07 Å². The fourth-order valence-electron chi connectivity index (χ4n) is 1.56. The first-order chi connectivity index (χ1) is 6.76. The van der Waals surface area contributed by atoms with Gasteiger partial charge in [0.1, 0.15) is 12.4 Å². The summed E-state index contributed by atoms with van der Waals surface area (Å²) in [6, 6.07) is 3.61. The molecule has 0 saturated heterocycles. The first-order valence-electron chi connectivity index (χ1n) is 4.40. The zero-order chi connectivity index (χ0) is 10.1. The highest BCUT2D eigenvalue weighted by Crippen LogP contribution is 2.40. The molecule has 0 aromatic heterocycles. The normalized spacial score (nSPS) is 18.6. The molecule has 1 unspecified atom stereocenters. The summed E-state index contributed by atoms with van der Waals surface area (Å²) in [5.41, 5.74) is 6.81. The smallest absolute Gasteiger partial charge is 0.164 e. The quantitative estimate of drug-likeness (QED) is 0.767. The van der Waals surface area contributed by atoms with E-state index >= 15 is 0 Å². The molecule has 4 nitrogen and oxygen atoms in total. The van der Waals surface area contributed by atoms with Crippen LogP contribution in [-0.4, -0.2) is 20.8 Å². The molecule has 4 heteroatoms. The van der Waals surface area contributed by atoms with Gasteiger partial charge in [-0.1, -0.05) is 0 Å². The molecule has 0 amide bonds. The van der Waals surface area contributed by atoms with Gasteiger partial charge in [0.15, 0.2) is 11.5 Å². The highest BCUT2D eigenvalue weighted by Gasteiger charge is 2.23. The monoisotopic (exact) mass is 195 g/mol. The zero-order valence-electron chi connectivity index (χ0n) is 8.24. The van der Waals surface area contributed by atoms with Crippen molar-refractivity contribution >= 4 is 0 Å². The van der Waals surface area contributed by atoms with Gasteiger partial charge >= 0.3 is 0 Å². The lowest BCUT2D eigenvalue weighted by Crippen LogP contribution is -2.10. The van der Waals surface area contributed by atoms with Crippen LogP contribution in [0.5, 0.6) is 17.2 Å². The first kappa shape index (κ1) is 9.15. The summed E-state index contributed by atoms with van der Waals surface area (Å²) in [6.45, 7) is 0.519. The van der Waals surface area contributed by atoms with E-state index in [0.717, 1.165) is 11.3 Å².